The maximum absolute atomic E-state index is 14.1. The van der Waals surface area contributed by atoms with Gasteiger partial charge in [0.2, 0.25) is 35.4 Å². The first kappa shape index (κ1) is 101. The van der Waals surface area contributed by atoms with Crippen molar-refractivity contribution in [3.05, 3.63) is 71.7 Å². The Bertz CT molecular complexity index is 4820. The second-order valence-corrected chi connectivity index (χ2v) is 42.6. The summed E-state index contributed by atoms with van der Waals surface area (Å²) in [6, 6.07) is 14.5. The summed E-state index contributed by atoms with van der Waals surface area (Å²) in [6.45, 7) is 23.9. The van der Waals surface area contributed by atoms with E-state index in [1.807, 2.05) is 138 Å². The molecule has 7 aliphatic carbocycles. The van der Waals surface area contributed by atoms with E-state index in [9.17, 15) is 43.2 Å². The van der Waals surface area contributed by atoms with Crippen LogP contribution >= 0.6 is 0 Å². The number of rotatable bonds is 6. The number of hydrogen-bond donors (Lipinski definition) is 0. The summed E-state index contributed by atoms with van der Waals surface area (Å²) < 4.78 is 54.3. The van der Waals surface area contributed by atoms with E-state index in [2.05, 4.69) is 18.9 Å². The van der Waals surface area contributed by atoms with E-state index in [1.54, 1.807) is 36.0 Å². The van der Waals surface area contributed by atoms with Gasteiger partial charge in [-0.15, -0.1) is 0 Å². The SMILES string of the molecule is COc1ccc2nc3c(nc2c1)O[C@H]1CN(C(=O)[C@H](C(C)(C)C)CC(=O)O[C@@H]2C4CC(C4)[C@H]2CCCCC3)[C@H]([C-]=O)[C@@H]1C.COc1ccc2nc3c(nc2c1)O[C@H]1CN(C(=O)[C@H](C(C)(C)C)CC(=O)O[C@@H]2C[C@@H]4C[C@@H]4[C@H]2CCCCC3)[C@H]([C-]=O)[C@@H]1C.COc1ccc2nc3c(nc2c1)O[C@H]1CN(C(=O)[C@H](C(C)(C)C)CC(=O)O[C@@H]2C[C@H]4C[C@H]4[C@H]2CCCCC3)[C@H]([C-]=O)[C@@H]1C.[V].[V].[V]. The normalized spacial score (nSPS) is 32.6. The molecule has 10 fully saturated rings. The molecule has 3 aromatic heterocycles. The van der Waals surface area contributed by atoms with Crippen molar-refractivity contribution in [3.63, 3.8) is 0 Å². The molecular weight excluding hydrogens is 1790 g/mol. The van der Waals surface area contributed by atoms with Gasteiger partial charge in [0.25, 0.3) is 0 Å². The molecular formula is C102H132N9O18V3-3. The van der Waals surface area contributed by atoms with Crippen LogP contribution in [0.1, 0.15) is 235 Å². The average Bonchev–Trinajstić information content (AvgIpc) is 1.62. The van der Waals surface area contributed by atoms with Crippen molar-refractivity contribution in [1.29, 1.82) is 0 Å². The van der Waals surface area contributed by atoms with Gasteiger partial charge in [-0.2, -0.15) is 0 Å². The van der Waals surface area contributed by atoms with E-state index in [4.69, 9.17) is 72.5 Å². The zero-order chi connectivity index (χ0) is 91.4. The molecule has 3 aromatic carbocycles. The molecule has 0 spiro atoms. The van der Waals surface area contributed by atoms with Crippen LogP contribution in [-0.4, -0.2) is 195 Å². The Morgan fingerprint density at radius 2 is 0.644 bits per heavy atom. The molecule has 13 aliphatic rings. The van der Waals surface area contributed by atoms with Gasteiger partial charge in [0.05, 0.1) is 111 Å². The van der Waals surface area contributed by atoms with Crippen LogP contribution in [0, 0.1) is 105 Å². The summed E-state index contributed by atoms with van der Waals surface area (Å²) in [5, 5.41) is 0. The Morgan fingerprint density at radius 1 is 0.341 bits per heavy atom. The Morgan fingerprint density at radius 3 is 0.947 bits per heavy atom. The van der Waals surface area contributed by atoms with Gasteiger partial charge >= 0.3 is 17.9 Å². The summed E-state index contributed by atoms with van der Waals surface area (Å²) in [5.41, 5.74) is 5.09. The number of nitrogens with zero attached hydrogens (tertiary/aromatic N) is 9. The van der Waals surface area contributed by atoms with E-state index in [1.165, 1.54) is 12.8 Å². The van der Waals surface area contributed by atoms with E-state index >= 15 is 0 Å². The molecule has 132 heavy (non-hydrogen) atoms. The van der Waals surface area contributed by atoms with Gasteiger partial charge in [-0.1, -0.05) is 140 Å². The van der Waals surface area contributed by atoms with Gasteiger partial charge in [-0.25, -0.2) is 48.8 Å². The van der Waals surface area contributed by atoms with Crippen LogP contribution in [0.2, 0.25) is 0 Å². The summed E-state index contributed by atoms with van der Waals surface area (Å²) in [6.07, 6.45) is 25.6. The molecule has 6 aromatic rings. The molecule has 0 N–H and O–H groups in total. The molecule has 9 heterocycles. The fourth-order valence-corrected chi connectivity index (χ4v) is 23.1. The van der Waals surface area contributed by atoms with Crippen LogP contribution < -0.4 is 28.4 Å². The first-order chi connectivity index (χ1) is 61.7. The first-order valence-electron chi connectivity index (χ1n) is 47.9. The summed E-state index contributed by atoms with van der Waals surface area (Å²) in [5.74, 6) is 3.66. The molecule has 30 heteroatoms. The van der Waals surface area contributed by atoms with Crippen molar-refractivity contribution in [2.75, 3.05) is 41.0 Å². The van der Waals surface area contributed by atoms with Gasteiger partial charge in [0, 0.05) is 73.9 Å². The predicted octanol–water partition coefficient (Wildman–Crippen LogP) is 15.2. The number of aryl methyl sites for hydroxylation is 3. The van der Waals surface area contributed by atoms with Crippen LogP contribution in [0.5, 0.6) is 34.9 Å². The number of methoxy groups -OCH3 is 3. The van der Waals surface area contributed by atoms with Gasteiger partial charge in [-0.05, 0) is 220 Å². The molecule has 3 amide bonds. The molecule has 3 saturated heterocycles. The number of hydrogen-bond acceptors (Lipinski definition) is 24. The second-order valence-electron chi connectivity index (χ2n) is 42.6. The second kappa shape index (κ2) is 42.4. The number of aromatic nitrogens is 6. The molecule has 22 atom stereocenters. The largest absolute Gasteiger partial charge is 0.540 e. The maximum Gasteiger partial charge on any atom is 0.306 e. The van der Waals surface area contributed by atoms with Crippen molar-refractivity contribution < 1.29 is 141 Å². The van der Waals surface area contributed by atoms with E-state index in [0.29, 0.717) is 124 Å². The van der Waals surface area contributed by atoms with Gasteiger partial charge in [-0.3, -0.25) is 28.8 Å². The molecule has 0 unspecified atom stereocenters. The van der Waals surface area contributed by atoms with Gasteiger partial charge < -0.3 is 71.7 Å². The molecule has 3 radical (unpaired) electrons. The number of esters is 3. The van der Waals surface area contributed by atoms with Crippen molar-refractivity contribution in [1.82, 2.24) is 44.6 Å². The Balaban J connectivity index is 0.000000166. The first-order valence-corrected chi connectivity index (χ1v) is 47.9. The topological polar surface area (TPSA) is 324 Å². The standard InChI is InChI=1S/3C34H44N3O6.3V/c1-19-28(18-38)37-17-29(19)42-32-26(35-25-12-11-22(41-5)15-27(25)36-32)10-8-6-7-9-23-20-13-21(14-20)31(23)43-30(39)16-24(33(37)40)34(2,3)4;2*1-19-28(18-38)37-17-30(19)43-32-26(35-25-12-11-21(41-5)15-27(25)36-32)10-8-6-7-9-22-23-13-20(23)14-29(22)42-31(39)16-24(33(37)40)34(2,3)4;;;/h11-12,15,19-21,23-24,28-29,31H,6-10,13-14,16-17H2,1-5H3;2*11-12,15,19-20,22-24,28-30H,6-10,13-14,16-17H2,1-5H3;;;/q3*-1;;;/t19-,20?,21?,23+,24+,28+,29-,31+;19-,20+,22+,23+,24+,28+,29+,30-;19-,20-,22+,23-,24+,28+,29+,30-;;;/m000.../s1. The van der Waals surface area contributed by atoms with Gasteiger partial charge in [0.15, 0.2) is 0 Å². The van der Waals surface area contributed by atoms with Crippen LogP contribution in [0.4, 0.5) is 0 Å². The molecule has 711 valence electrons. The van der Waals surface area contributed by atoms with Gasteiger partial charge in [0.1, 0.15) is 71.0 Å². The molecule has 7 saturated carbocycles. The molecule has 8 bridgehead atoms. The Hall–Kier alpha value is -7.94. The summed E-state index contributed by atoms with van der Waals surface area (Å²) in [4.78, 5) is 153. The number of ether oxygens (including phenoxy) is 9. The smallest absolute Gasteiger partial charge is 0.306 e. The average molecular weight is 1930 g/mol. The monoisotopic (exact) mass is 1920 g/mol. The quantitative estimate of drug-likeness (QED) is 0.0849. The Kier molecular flexibility index (Phi) is 32.6. The maximum atomic E-state index is 14.1. The van der Waals surface area contributed by atoms with Crippen LogP contribution in [0.15, 0.2) is 54.6 Å². The zero-order valence-corrected chi connectivity index (χ0v) is 83.5. The van der Waals surface area contributed by atoms with Crippen molar-refractivity contribution >= 4 is 87.6 Å². The van der Waals surface area contributed by atoms with Crippen LogP contribution in [0.25, 0.3) is 33.1 Å². The third-order valence-electron chi connectivity index (χ3n) is 31.2. The van der Waals surface area contributed by atoms with Crippen LogP contribution in [0.3, 0.4) is 0 Å². The minimum atomic E-state index is -0.788. The minimum Gasteiger partial charge on any atom is -0.540 e. The fraction of sp³-hybridized carbons (Fsp3) is 0.676. The Labute approximate surface area is 812 Å². The third-order valence-corrected chi connectivity index (χ3v) is 31.2. The molecule has 19 rings (SSSR count). The fourth-order valence-electron chi connectivity index (χ4n) is 23.1. The zero-order valence-electron chi connectivity index (χ0n) is 79.4. The summed E-state index contributed by atoms with van der Waals surface area (Å²) in [7, 11) is 4.84. The van der Waals surface area contributed by atoms with Crippen molar-refractivity contribution in [2.45, 2.75) is 292 Å². The summed E-state index contributed by atoms with van der Waals surface area (Å²) >= 11 is 0. The number of amides is 3. The van der Waals surface area contributed by atoms with E-state index in [0.717, 1.165) is 136 Å². The molecule has 6 aliphatic heterocycles. The predicted molar refractivity (Wildman–Crippen MR) is 481 cm³/mol. The number of fused-ring (bicyclic) bond motifs is 18. The van der Waals surface area contributed by atoms with E-state index < -0.39 is 70.4 Å². The molecule has 27 nitrogen and oxygen atoms in total. The number of carbonyl (C=O) groups excluding carboxylic acids is 9. The van der Waals surface area contributed by atoms with E-state index in [-0.39, 0.29) is 166 Å². The number of carbonyl (C=O) groups is 6. The minimum absolute atomic E-state index is 0. The van der Waals surface area contributed by atoms with Crippen molar-refractivity contribution in [2.24, 2.45) is 105 Å². The van der Waals surface area contributed by atoms with Crippen LogP contribution in [-0.2, 0) is 132 Å². The number of benzene rings is 3. The third kappa shape index (κ3) is 22.0. The van der Waals surface area contributed by atoms with Crippen molar-refractivity contribution in [3.8, 4) is 34.9 Å².